The molecule has 0 aliphatic rings. The number of carbonyl (C=O) groups is 1. The lowest BCUT2D eigenvalue weighted by Crippen LogP contribution is -2.12. The fraction of sp³-hybridized carbons (Fsp3) is 0.455. The average molecular weight is 243 g/mol. The molecular weight excluding hydrogens is 229 g/mol. The third-order valence-electron chi connectivity index (χ3n) is 1.85. The van der Waals surface area contributed by atoms with Crippen LogP contribution in [0.3, 0.4) is 0 Å². The van der Waals surface area contributed by atoms with Crippen molar-refractivity contribution < 1.29 is 23.4 Å². The summed E-state index contributed by atoms with van der Waals surface area (Å²) in [6, 6.07) is 2.41. The lowest BCUT2D eigenvalue weighted by atomic mass is 10.3. The summed E-state index contributed by atoms with van der Waals surface area (Å²) in [5, 5.41) is 0. The molecule has 17 heavy (non-hydrogen) atoms. The van der Waals surface area contributed by atoms with Gasteiger partial charge in [0.2, 0.25) is 5.95 Å². The van der Waals surface area contributed by atoms with Crippen molar-refractivity contribution in [2.75, 3.05) is 33.5 Å². The number of hydrogen-bond donors (Lipinski definition) is 0. The minimum absolute atomic E-state index is 0.118. The van der Waals surface area contributed by atoms with Crippen LogP contribution in [0.5, 0.6) is 0 Å². The van der Waals surface area contributed by atoms with Crippen molar-refractivity contribution in [3.63, 3.8) is 0 Å². The van der Waals surface area contributed by atoms with Crippen LogP contribution in [0.1, 0.15) is 10.4 Å². The van der Waals surface area contributed by atoms with E-state index in [-0.39, 0.29) is 18.8 Å². The summed E-state index contributed by atoms with van der Waals surface area (Å²) in [5.74, 6) is -1.31. The van der Waals surface area contributed by atoms with Gasteiger partial charge >= 0.3 is 5.97 Å². The van der Waals surface area contributed by atoms with Crippen molar-refractivity contribution in [1.82, 2.24) is 4.98 Å². The predicted octanol–water partition coefficient (Wildman–Crippen LogP) is 1.04. The number of rotatable bonds is 7. The zero-order chi connectivity index (χ0) is 12.5. The van der Waals surface area contributed by atoms with Crippen LogP contribution < -0.4 is 0 Å². The van der Waals surface area contributed by atoms with Gasteiger partial charge in [0.25, 0.3) is 0 Å². The van der Waals surface area contributed by atoms with Crippen molar-refractivity contribution in [2.45, 2.75) is 0 Å². The maximum Gasteiger partial charge on any atom is 0.338 e. The fourth-order valence-corrected chi connectivity index (χ4v) is 1.05. The number of halogens is 1. The number of aromatic nitrogens is 1. The van der Waals surface area contributed by atoms with Crippen molar-refractivity contribution in [3.8, 4) is 0 Å². The summed E-state index contributed by atoms with van der Waals surface area (Å²) in [7, 11) is 1.57. The second-order valence-corrected chi connectivity index (χ2v) is 3.11. The van der Waals surface area contributed by atoms with Crippen LogP contribution in [0, 0.1) is 5.95 Å². The van der Waals surface area contributed by atoms with E-state index in [4.69, 9.17) is 14.2 Å². The summed E-state index contributed by atoms with van der Waals surface area (Å²) in [5.41, 5.74) is 0.134. The van der Waals surface area contributed by atoms with E-state index < -0.39 is 11.9 Å². The maximum atomic E-state index is 12.7. The van der Waals surface area contributed by atoms with Crippen molar-refractivity contribution in [1.29, 1.82) is 0 Å². The van der Waals surface area contributed by atoms with Gasteiger partial charge in [-0.05, 0) is 6.07 Å². The molecule has 0 amide bonds. The highest BCUT2D eigenvalue weighted by atomic mass is 19.1. The van der Waals surface area contributed by atoms with Crippen molar-refractivity contribution >= 4 is 5.97 Å². The summed E-state index contributed by atoms with van der Waals surface area (Å²) in [6.07, 6.45) is 1.21. The van der Waals surface area contributed by atoms with Gasteiger partial charge in [-0.2, -0.15) is 4.39 Å². The maximum absolute atomic E-state index is 12.7. The normalized spacial score (nSPS) is 10.2. The first-order chi connectivity index (χ1) is 8.24. The highest BCUT2D eigenvalue weighted by Gasteiger charge is 2.07. The van der Waals surface area contributed by atoms with Gasteiger partial charge in [-0.25, -0.2) is 9.78 Å². The molecule has 0 aromatic carbocycles. The van der Waals surface area contributed by atoms with Gasteiger partial charge in [0.15, 0.2) is 0 Å². The molecule has 0 N–H and O–H groups in total. The Labute approximate surface area is 98.5 Å². The Kier molecular flexibility index (Phi) is 6.13. The molecule has 0 unspecified atom stereocenters. The summed E-state index contributed by atoms with van der Waals surface area (Å²) in [6.45, 7) is 1.33. The predicted molar refractivity (Wildman–Crippen MR) is 57.2 cm³/mol. The molecule has 0 atom stereocenters. The molecular formula is C11H14FNO4. The van der Waals surface area contributed by atoms with Gasteiger partial charge in [0.05, 0.1) is 25.4 Å². The lowest BCUT2D eigenvalue weighted by molar-refractivity contribution is 0.0213. The third kappa shape index (κ3) is 5.37. The molecule has 5 nitrogen and oxygen atoms in total. The lowest BCUT2D eigenvalue weighted by Gasteiger charge is -2.05. The van der Waals surface area contributed by atoms with E-state index in [1.165, 1.54) is 12.3 Å². The Morgan fingerprint density at radius 2 is 2.12 bits per heavy atom. The van der Waals surface area contributed by atoms with Gasteiger partial charge in [0.1, 0.15) is 6.61 Å². The van der Waals surface area contributed by atoms with Crippen LogP contribution >= 0.6 is 0 Å². The molecule has 0 aliphatic carbocycles. The SMILES string of the molecule is COCCOCCOC(=O)c1ccnc(F)c1. The summed E-state index contributed by atoms with van der Waals surface area (Å²) < 4.78 is 27.4. The van der Waals surface area contributed by atoms with Gasteiger partial charge in [-0.15, -0.1) is 0 Å². The zero-order valence-corrected chi connectivity index (χ0v) is 9.52. The monoisotopic (exact) mass is 243 g/mol. The van der Waals surface area contributed by atoms with Crippen LogP contribution in [0.2, 0.25) is 0 Å². The van der Waals surface area contributed by atoms with Crippen LogP contribution in [0.25, 0.3) is 0 Å². The Hall–Kier alpha value is -1.53. The Balaban J connectivity index is 2.21. The molecule has 0 saturated carbocycles. The first-order valence-electron chi connectivity index (χ1n) is 5.09. The summed E-state index contributed by atoms with van der Waals surface area (Å²) in [4.78, 5) is 14.7. The molecule has 0 fully saturated rings. The van der Waals surface area contributed by atoms with E-state index in [0.29, 0.717) is 13.2 Å². The highest BCUT2D eigenvalue weighted by molar-refractivity contribution is 5.89. The second-order valence-electron chi connectivity index (χ2n) is 3.11. The smallest absolute Gasteiger partial charge is 0.338 e. The first kappa shape index (κ1) is 13.5. The molecule has 0 spiro atoms. The quantitative estimate of drug-likeness (QED) is 0.407. The molecule has 1 rings (SSSR count). The van der Waals surface area contributed by atoms with E-state index in [2.05, 4.69) is 4.98 Å². The molecule has 0 aliphatic heterocycles. The Morgan fingerprint density at radius 3 is 2.82 bits per heavy atom. The van der Waals surface area contributed by atoms with Crippen LogP contribution in [-0.2, 0) is 14.2 Å². The molecule has 1 heterocycles. The minimum atomic E-state index is -0.712. The molecule has 0 radical (unpaired) electrons. The van der Waals surface area contributed by atoms with Gasteiger partial charge in [0, 0.05) is 19.4 Å². The Bertz CT molecular complexity index is 359. The number of methoxy groups -OCH3 is 1. The van der Waals surface area contributed by atoms with Crippen LogP contribution in [0.4, 0.5) is 4.39 Å². The number of hydrogen-bond acceptors (Lipinski definition) is 5. The fourth-order valence-electron chi connectivity index (χ4n) is 1.05. The topological polar surface area (TPSA) is 57.7 Å². The first-order valence-corrected chi connectivity index (χ1v) is 5.09. The van der Waals surface area contributed by atoms with E-state index in [1.807, 2.05) is 0 Å². The van der Waals surface area contributed by atoms with E-state index in [0.717, 1.165) is 6.07 Å². The molecule has 94 valence electrons. The number of esters is 1. The third-order valence-corrected chi connectivity index (χ3v) is 1.85. The average Bonchev–Trinajstić information content (AvgIpc) is 2.33. The Morgan fingerprint density at radius 1 is 1.35 bits per heavy atom. The standard InChI is InChI=1S/C11H14FNO4/c1-15-4-5-16-6-7-17-11(14)9-2-3-13-10(12)8-9/h2-3,8H,4-7H2,1H3. The van der Waals surface area contributed by atoms with Crippen LogP contribution in [0.15, 0.2) is 18.3 Å². The molecule has 0 saturated heterocycles. The van der Waals surface area contributed by atoms with Crippen molar-refractivity contribution in [2.24, 2.45) is 0 Å². The molecule has 0 bridgehead atoms. The van der Waals surface area contributed by atoms with Gasteiger partial charge in [-0.1, -0.05) is 0 Å². The van der Waals surface area contributed by atoms with Gasteiger partial charge < -0.3 is 14.2 Å². The van der Waals surface area contributed by atoms with E-state index >= 15 is 0 Å². The van der Waals surface area contributed by atoms with E-state index in [9.17, 15) is 9.18 Å². The van der Waals surface area contributed by atoms with E-state index in [1.54, 1.807) is 7.11 Å². The molecule has 1 aromatic heterocycles. The number of pyridine rings is 1. The summed E-state index contributed by atoms with van der Waals surface area (Å²) >= 11 is 0. The number of carbonyl (C=O) groups excluding carboxylic acids is 1. The number of nitrogens with zero attached hydrogens (tertiary/aromatic N) is 1. The highest BCUT2D eigenvalue weighted by Crippen LogP contribution is 2.02. The van der Waals surface area contributed by atoms with Gasteiger partial charge in [-0.3, -0.25) is 0 Å². The van der Waals surface area contributed by atoms with Crippen LogP contribution in [-0.4, -0.2) is 44.5 Å². The minimum Gasteiger partial charge on any atom is -0.460 e. The zero-order valence-electron chi connectivity index (χ0n) is 9.52. The largest absolute Gasteiger partial charge is 0.460 e. The molecule has 1 aromatic rings. The second kappa shape index (κ2) is 7.70. The van der Waals surface area contributed by atoms with Crippen molar-refractivity contribution in [3.05, 3.63) is 29.8 Å². The molecule has 6 heteroatoms. The number of ether oxygens (including phenoxy) is 3.